The van der Waals surface area contributed by atoms with E-state index in [9.17, 15) is 10.2 Å². The highest BCUT2D eigenvalue weighted by atomic mass is 35.5. The number of likely N-dealkylation sites (tertiary alicyclic amines) is 1. The van der Waals surface area contributed by atoms with Gasteiger partial charge in [0.1, 0.15) is 6.10 Å². The van der Waals surface area contributed by atoms with E-state index in [0.717, 1.165) is 43.0 Å². The number of fused-ring (bicyclic) bond motifs is 1. The molecule has 0 unspecified atom stereocenters. The van der Waals surface area contributed by atoms with E-state index in [1.165, 1.54) is 16.6 Å². The average molecular weight is 379 g/mol. The minimum atomic E-state index is -1.06. The van der Waals surface area contributed by atoms with Gasteiger partial charge in [0.2, 0.25) is 0 Å². The Balaban J connectivity index is 1.47. The number of piperidine rings is 1. The highest BCUT2D eigenvalue weighted by Crippen LogP contribution is 2.40. The molecule has 0 aliphatic carbocycles. The van der Waals surface area contributed by atoms with Crippen molar-refractivity contribution in [2.45, 2.75) is 57.0 Å². The van der Waals surface area contributed by atoms with Gasteiger partial charge in [-0.2, -0.15) is 0 Å². The molecule has 0 amide bonds. The maximum atomic E-state index is 10.6. The van der Waals surface area contributed by atoms with Gasteiger partial charge < -0.3 is 19.9 Å². The molecule has 2 aliphatic heterocycles. The summed E-state index contributed by atoms with van der Waals surface area (Å²) in [4.78, 5) is 5.89. The molecule has 3 N–H and O–H groups in total. The molecule has 1 spiro atoms. The van der Waals surface area contributed by atoms with Gasteiger partial charge in [0.15, 0.2) is 0 Å². The largest absolute Gasteiger partial charge is 0.387 e. The van der Waals surface area contributed by atoms with Gasteiger partial charge in [-0.1, -0.05) is 11.6 Å². The van der Waals surface area contributed by atoms with Crippen LogP contribution >= 0.6 is 11.6 Å². The van der Waals surface area contributed by atoms with Crippen LogP contribution in [0.5, 0.6) is 0 Å². The van der Waals surface area contributed by atoms with E-state index in [1.807, 2.05) is 18.2 Å². The number of halogens is 1. The molecule has 2 fully saturated rings. The van der Waals surface area contributed by atoms with Crippen molar-refractivity contribution in [3.63, 3.8) is 0 Å². The second kappa shape index (κ2) is 6.50. The van der Waals surface area contributed by atoms with Crippen LogP contribution in [0.2, 0.25) is 5.02 Å². The Labute approximate surface area is 158 Å². The van der Waals surface area contributed by atoms with E-state index in [0.29, 0.717) is 13.0 Å². The zero-order valence-corrected chi connectivity index (χ0v) is 16.1. The Morgan fingerprint density at radius 3 is 2.77 bits per heavy atom. The molecule has 2 saturated heterocycles. The highest BCUT2D eigenvalue weighted by molar-refractivity contribution is 6.31. The van der Waals surface area contributed by atoms with Crippen molar-refractivity contribution < 1.29 is 14.9 Å². The first-order valence-corrected chi connectivity index (χ1v) is 9.72. The molecule has 1 aromatic carbocycles. The van der Waals surface area contributed by atoms with Crippen LogP contribution in [-0.4, -0.2) is 57.1 Å². The summed E-state index contributed by atoms with van der Waals surface area (Å²) in [6.45, 7) is 6.85. The number of aliphatic hydroxyl groups is 2. The van der Waals surface area contributed by atoms with Crippen molar-refractivity contribution in [2.75, 3.05) is 19.7 Å². The third-order valence-corrected chi connectivity index (χ3v) is 6.53. The van der Waals surface area contributed by atoms with Crippen LogP contribution < -0.4 is 0 Å². The third-order valence-electron chi connectivity index (χ3n) is 6.29. The minimum absolute atomic E-state index is 0.483. The molecule has 6 heteroatoms. The summed E-state index contributed by atoms with van der Waals surface area (Å²) in [5, 5.41) is 23.0. The Bertz CT molecular complexity index is 809. The SMILES string of the molecule is Cc1c(CN2CCC3(CC2)OCC[C@@](C)(O)[C@@H]3O)[nH]c2ccc(Cl)cc12. The quantitative estimate of drug-likeness (QED) is 0.751. The lowest BCUT2D eigenvalue weighted by molar-refractivity contribution is -0.246. The first-order chi connectivity index (χ1) is 12.3. The zero-order chi connectivity index (χ0) is 18.5. The van der Waals surface area contributed by atoms with Gasteiger partial charge >= 0.3 is 0 Å². The molecule has 0 saturated carbocycles. The maximum absolute atomic E-state index is 10.6. The van der Waals surface area contributed by atoms with Crippen LogP contribution in [0.3, 0.4) is 0 Å². The van der Waals surface area contributed by atoms with Gasteiger partial charge in [0.25, 0.3) is 0 Å². The number of aromatic amines is 1. The summed E-state index contributed by atoms with van der Waals surface area (Å²) in [5.41, 5.74) is 1.88. The molecule has 26 heavy (non-hydrogen) atoms. The molecule has 142 valence electrons. The number of ether oxygens (including phenoxy) is 1. The lowest BCUT2D eigenvalue weighted by Gasteiger charge is -2.51. The van der Waals surface area contributed by atoms with Crippen molar-refractivity contribution in [1.29, 1.82) is 0 Å². The predicted octanol–water partition coefficient (Wildman–Crippen LogP) is 3.00. The monoisotopic (exact) mass is 378 g/mol. The number of aryl methyl sites for hydroxylation is 1. The molecule has 4 rings (SSSR count). The summed E-state index contributed by atoms with van der Waals surface area (Å²) in [5.74, 6) is 0. The van der Waals surface area contributed by atoms with E-state index in [-0.39, 0.29) is 0 Å². The van der Waals surface area contributed by atoms with Gasteiger partial charge in [0, 0.05) is 47.7 Å². The first-order valence-electron chi connectivity index (χ1n) is 9.34. The summed E-state index contributed by atoms with van der Waals surface area (Å²) in [6.07, 6.45) is 1.12. The van der Waals surface area contributed by atoms with Crippen LogP contribution in [0.1, 0.15) is 37.4 Å². The number of rotatable bonds is 2. The fraction of sp³-hybridized carbons (Fsp3) is 0.600. The van der Waals surface area contributed by atoms with E-state index < -0.39 is 17.3 Å². The molecular formula is C20H27ClN2O3. The van der Waals surface area contributed by atoms with Crippen LogP contribution in [0, 0.1) is 6.92 Å². The molecule has 2 aromatic rings. The summed E-state index contributed by atoms with van der Waals surface area (Å²) in [6, 6.07) is 5.93. The normalized spacial score (nSPS) is 29.5. The lowest BCUT2D eigenvalue weighted by Crippen LogP contribution is -2.64. The highest BCUT2D eigenvalue weighted by Gasteiger charge is 2.52. The minimum Gasteiger partial charge on any atom is -0.387 e. The van der Waals surface area contributed by atoms with Gasteiger partial charge in [0.05, 0.1) is 17.8 Å². The zero-order valence-electron chi connectivity index (χ0n) is 15.4. The molecule has 1 aromatic heterocycles. The number of H-pyrrole nitrogens is 1. The van der Waals surface area contributed by atoms with Crippen molar-refractivity contribution in [3.05, 3.63) is 34.5 Å². The number of aromatic nitrogens is 1. The maximum Gasteiger partial charge on any atom is 0.111 e. The average Bonchev–Trinajstić information content (AvgIpc) is 2.90. The van der Waals surface area contributed by atoms with Gasteiger partial charge in [-0.05, 0) is 50.5 Å². The summed E-state index contributed by atoms with van der Waals surface area (Å²) in [7, 11) is 0. The van der Waals surface area contributed by atoms with Gasteiger partial charge in [-0.15, -0.1) is 0 Å². The predicted molar refractivity (Wildman–Crippen MR) is 102 cm³/mol. The van der Waals surface area contributed by atoms with Crippen LogP contribution in [0.4, 0.5) is 0 Å². The van der Waals surface area contributed by atoms with E-state index in [2.05, 4.69) is 16.8 Å². The van der Waals surface area contributed by atoms with Crippen molar-refractivity contribution in [3.8, 4) is 0 Å². The van der Waals surface area contributed by atoms with Gasteiger partial charge in [-0.3, -0.25) is 4.90 Å². The van der Waals surface area contributed by atoms with Crippen LogP contribution in [-0.2, 0) is 11.3 Å². The second-order valence-electron chi connectivity index (χ2n) is 8.12. The number of hydrogen-bond donors (Lipinski definition) is 3. The van der Waals surface area contributed by atoms with Crippen molar-refractivity contribution in [2.24, 2.45) is 0 Å². The van der Waals surface area contributed by atoms with Crippen molar-refractivity contribution >= 4 is 22.5 Å². The molecule has 2 aliphatic rings. The Morgan fingerprint density at radius 2 is 2.04 bits per heavy atom. The third kappa shape index (κ3) is 3.06. The van der Waals surface area contributed by atoms with E-state index in [1.54, 1.807) is 6.92 Å². The molecule has 2 atom stereocenters. The van der Waals surface area contributed by atoms with Crippen LogP contribution in [0.15, 0.2) is 18.2 Å². The Hall–Kier alpha value is -1.11. The summed E-state index contributed by atoms with van der Waals surface area (Å²) >= 11 is 6.13. The van der Waals surface area contributed by atoms with Crippen LogP contribution in [0.25, 0.3) is 10.9 Å². The number of nitrogens with one attached hydrogen (secondary N) is 1. The lowest BCUT2D eigenvalue weighted by atomic mass is 9.75. The number of benzene rings is 1. The molecule has 0 bridgehead atoms. The van der Waals surface area contributed by atoms with Crippen molar-refractivity contribution in [1.82, 2.24) is 9.88 Å². The van der Waals surface area contributed by atoms with Gasteiger partial charge in [-0.25, -0.2) is 0 Å². The molecular weight excluding hydrogens is 352 g/mol. The summed E-state index contributed by atoms with van der Waals surface area (Å²) < 4.78 is 5.98. The smallest absolute Gasteiger partial charge is 0.111 e. The van der Waals surface area contributed by atoms with E-state index >= 15 is 0 Å². The molecule has 0 radical (unpaired) electrons. The second-order valence-corrected chi connectivity index (χ2v) is 8.55. The van der Waals surface area contributed by atoms with E-state index in [4.69, 9.17) is 16.3 Å². The fourth-order valence-corrected chi connectivity index (χ4v) is 4.66. The fourth-order valence-electron chi connectivity index (χ4n) is 4.49. The first kappa shape index (κ1) is 18.3. The molecule has 3 heterocycles. The number of aliphatic hydroxyl groups excluding tert-OH is 1. The Kier molecular flexibility index (Phi) is 4.56. The Morgan fingerprint density at radius 1 is 1.31 bits per heavy atom. The topological polar surface area (TPSA) is 68.7 Å². The number of hydrogen-bond acceptors (Lipinski definition) is 4. The molecule has 5 nitrogen and oxygen atoms in total. The standard InChI is InChI=1S/C20H27ClN2O3/c1-13-15-11-14(21)3-4-16(15)22-17(13)12-23-8-5-20(6-9-23)18(24)19(2,25)7-10-26-20/h3-4,11,18,22,24-25H,5-10,12H2,1-2H3/t18-,19+/m0/s1. The number of nitrogens with zero attached hydrogens (tertiary/aromatic N) is 1.